The number of aryl methyl sites for hydroxylation is 1. The van der Waals surface area contributed by atoms with Gasteiger partial charge in [0.1, 0.15) is 5.76 Å². The minimum absolute atomic E-state index is 0.166. The zero-order chi connectivity index (χ0) is 18.0. The van der Waals surface area contributed by atoms with Crippen molar-refractivity contribution >= 4 is 46.6 Å². The van der Waals surface area contributed by atoms with E-state index in [9.17, 15) is 4.79 Å². The van der Waals surface area contributed by atoms with Gasteiger partial charge in [-0.15, -0.1) is 10.2 Å². The van der Waals surface area contributed by atoms with Crippen molar-refractivity contribution in [3.05, 3.63) is 46.3 Å². The molecule has 1 N–H and O–H groups in total. The molecule has 0 spiro atoms. The molecule has 0 atom stereocenters. The lowest BCUT2D eigenvalue weighted by Gasteiger charge is -2.07. The summed E-state index contributed by atoms with van der Waals surface area (Å²) in [4.78, 5) is 12.1. The molecule has 1 amide bonds. The van der Waals surface area contributed by atoms with Crippen molar-refractivity contribution in [3.63, 3.8) is 0 Å². The first-order valence-corrected chi connectivity index (χ1v) is 9.01. The van der Waals surface area contributed by atoms with Crippen molar-refractivity contribution in [3.8, 4) is 11.4 Å². The highest BCUT2D eigenvalue weighted by Crippen LogP contribution is 2.27. The van der Waals surface area contributed by atoms with Crippen LogP contribution >= 0.6 is 35.0 Å². The van der Waals surface area contributed by atoms with Crippen LogP contribution < -0.4 is 5.32 Å². The number of hydrogen-bond donors (Lipinski definition) is 1. The number of aromatic nitrogens is 3. The topological polar surface area (TPSA) is 72.9 Å². The van der Waals surface area contributed by atoms with Crippen LogP contribution in [0.1, 0.15) is 5.76 Å². The summed E-state index contributed by atoms with van der Waals surface area (Å²) < 4.78 is 7.11. The van der Waals surface area contributed by atoms with Crippen molar-refractivity contribution in [2.75, 3.05) is 11.1 Å². The number of amides is 1. The highest BCUT2D eigenvalue weighted by Gasteiger charge is 2.16. The van der Waals surface area contributed by atoms with E-state index in [1.54, 1.807) is 24.5 Å². The van der Waals surface area contributed by atoms with Crippen molar-refractivity contribution in [2.24, 2.45) is 7.05 Å². The van der Waals surface area contributed by atoms with Gasteiger partial charge in [0.25, 0.3) is 0 Å². The van der Waals surface area contributed by atoms with Gasteiger partial charge in [-0.25, -0.2) is 0 Å². The van der Waals surface area contributed by atoms with E-state index >= 15 is 0 Å². The van der Waals surface area contributed by atoms with Crippen LogP contribution in [0.4, 0.5) is 5.69 Å². The molecule has 1 aromatic carbocycles. The fraction of sp³-hybridized carbons (Fsp3) is 0.188. The monoisotopic (exact) mass is 396 g/mol. The summed E-state index contributed by atoms with van der Waals surface area (Å²) in [5.41, 5.74) is 1.35. The molecule has 6 nitrogen and oxygen atoms in total. The number of rotatable bonds is 5. The standard InChI is InChI=1S/C16H14Cl2N4O2S/c1-9-11(5-6-24-9)15-20-21-16(22(15)2)25-8-14(23)19-13-7-10(17)3-4-12(13)18/h3-7H,8H2,1-2H3,(H,19,23). The van der Waals surface area contributed by atoms with Crippen LogP contribution in [0.3, 0.4) is 0 Å². The lowest BCUT2D eigenvalue weighted by atomic mass is 10.2. The lowest BCUT2D eigenvalue weighted by molar-refractivity contribution is -0.113. The molecule has 0 fully saturated rings. The maximum Gasteiger partial charge on any atom is 0.234 e. The van der Waals surface area contributed by atoms with Crippen molar-refractivity contribution in [1.29, 1.82) is 0 Å². The molecule has 0 radical (unpaired) electrons. The fourth-order valence-electron chi connectivity index (χ4n) is 2.20. The molecule has 0 bridgehead atoms. The van der Waals surface area contributed by atoms with Gasteiger partial charge < -0.3 is 14.3 Å². The number of nitrogens with one attached hydrogen (secondary N) is 1. The second kappa shape index (κ2) is 7.51. The van der Waals surface area contributed by atoms with Crippen LogP contribution in [-0.4, -0.2) is 26.4 Å². The number of carbonyl (C=O) groups excluding carboxylic acids is 1. The first kappa shape index (κ1) is 17.8. The maximum atomic E-state index is 12.1. The Morgan fingerprint density at radius 1 is 1.32 bits per heavy atom. The summed E-state index contributed by atoms with van der Waals surface area (Å²) in [5.74, 6) is 1.41. The highest BCUT2D eigenvalue weighted by atomic mass is 35.5. The lowest BCUT2D eigenvalue weighted by Crippen LogP contribution is -2.14. The fourth-order valence-corrected chi connectivity index (χ4v) is 3.25. The number of furan rings is 1. The van der Waals surface area contributed by atoms with Crippen LogP contribution in [0.25, 0.3) is 11.4 Å². The van der Waals surface area contributed by atoms with Crippen LogP contribution in [0.5, 0.6) is 0 Å². The third-order valence-electron chi connectivity index (χ3n) is 3.47. The molecule has 130 valence electrons. The molecule has 0 aliphatic heterocycles. The predicted molar refractivity (Wildman–Crippen MR) is 99.3 cm³/mol. The SMILES string of the molecule is Cc1occc1-c1nnc(SCC(=O)Nc2cc(Cl)ccc2Cl)n1C. The Morgan fingerprint density at radius 2 is 2.12 bits per heavy atom. The molecule has 0 saturated heterocycles. The number of anilines is 1. The van der Waals surface area contributed by atoms with E-state index < -0.39 is 0 Å². The third kappa shape index (κ3) is 4.00. The molecular weight excluding hydrogens is 383 g/mol. The molecular formula is C16H14Cl2N4O2S. The molecule has 2 heterocycles. The van der Waals surface area contributed by atoms with Gasteiger partial charge >= 0.3 is 0 Å². The minimum atomic E-state index is -0.210. The number of nitrogens with zero attached hydrogens (tertiary/aromatic N) is 3. The van der Waals surface area contributed by atoms with E-state index in [2.05, 4.69) is 15.5 Å². The zero-order valence-corrected chi connectivity index (χ0v) is 15.7. The van der Waals surface area contributed by atoms with Crippen molar-refractivity contribution in [2.45, 2.75) is 12.1 Å². The molecule has 25 heavy (non-hydrogen) atoms. The van der Waals surface area contributed by atoms with E-state index in [1.807, 2.05) is 24.6 Å². The molecule has 0 aliphatic carbocycles. The number of halogens is 2. The van der Waals surface area contributed by atoms with Crippen molar-refractivity contribution < 1.29 is 9.21 Å². The van der Waals surface area contributed by atoms with Crippen LogP contribution in [0.15, 0.2) is 40.1 Å². The van der Waals surface area contributed by atoms with Gasteiger partial charge in [0, 0.05) is 12.1 Å². The summed E-state index contributed by atoms with van der Waals surface area (Å²) >= 11 is 13.2. The smallest absolute Gasteiger partial charge is 0.234 e. The Morgan fingerprint density at radius 3 is 2.84 bits per heavy atom. The molecule has 0 aliphatic rings. The van der Waals surface area contributed by atoms with Gasteiger partial charge in [0.2, 0.25) is 5.91 Å². The summed E-state index contributed by atoms with van der Waals surface area (Å²) in [6, 6.07) is 6.73. The molecule has 9 heteroatoms. The number of hydrogen-bond acceptors (Lipinski definition) is 5. The zero-order valence-electron chi connectivity index (χ0n) is 13.4. The Balaban J connectivity index is 1.66. The Kier molecular flexibility index (Phi) is 5.36. The summed E-state index contributed by atoms with van der Waals surface area (Å²) in [5, 5.41) is 12.6. The largest absolute Gasteiger partial charge is 0.469 e. The Hall–Kier alpha value is -1.96. The second-order valence-corrected chi connectivity index (χ2v) is 7.00. The van der Waals surface area contributed by atoms with Crippen LogP contribution in [0, 0.1) is 6.92 Å². The minimum Gasteiger partial charge on any atom is -0.469 e. The first-order valence-electron chi connectivity index (χ1n) is 7.27. The van der Waals surface area contributed by atoms with Gasteiger partial charge in [-0.1, -0.05) is 35.0 Å². The van der Waals surface area contributed by atoms with Gasteiger partial charge in [-0.2, -0.15) is 0 Å². The predicted octanol–water partition coefficient (Wildman–Crippen LogP) is 4.42. The van der Waals surface area contributed by atoms with E-state index in [4.69, 9.17) is 27.6 Å². The maximum absolute atomic E-state index is 12.1. The number of thioether (sulfide) groups is 1. The first-order chi connectivity index (χ1) is 12.0. The molecule has 2 aromatic heterocycles. The number of carbonyl (C=O) groups is 1. The highest BCUT2D eigenvalue weighted by molar-refractivity contribution is 7.99. The van der Waals surface area contributed by atoms with Crippen molar-refractivity contribution in [1.82, 2.24) is 14.8 Å². The molecule has 3 rings (SSSR count). The Bertz CT molecular complexity index is 923. The second-order valence-electron chi connectivity index (χ2n) is 5.22. The molecule has 3 aromatic rings. The van der Waals surface area contributed by atoms with E-state index in [0.717, 1.165) is 11.3 Å². The normalized spacial score (nSPS) is 10.9. The average molecular weight is 397 g/mol. The summed E-state index contributed by atoms with van der Waals surface area (Å²) in [6.45, 7) is 1.86. The van der Waals surface area contributed by atoms with Crippen LogP contribution in [-0.2, 0) is 11.8 Å². The quantitative estimate of drug-likeness (QED) is 0.646. The summed E-state index contributed by atoms with van der Waals surface area (Å²) in [7, 11) is 1.84. The van der Waals surface area contributed by atoms with Gasteiger partial charge in [-0.05, 0) is 31.2 Å². The molecule has 0 unspecified atom stereocenters. The molecule has 0 saturated carbocycles. The van der Waals surface area contributed by atoms with E-state index in [1.165, 1.54) is 11.8 Å². The summed E-state index contributed by atoms with van der Waals surface area (Å²) in [6.07, 6.45) is 1.61. The van der Waals surface area contributed by atoms with Gasteiger partial charge in [-0.3, -0.25) is 4.79 Å². The van der Waals surface area contributed by atoms with Gasteiger partial charge in [0.15, 0.2) is 11.0 Å². The Labute approximate surface area is 158 Å². The number of benzene rings is 1. The average Bonchev–Trinajstić information content (AvgIpc) is 3.14. The van der Waals surface area contributed by atoms with Crippen LogP contribution in [0.2, 0.25) is 10.0 Å². The van der Waals surface area contributed by atoms with E-state index in [-0.39, 0.29) is 11.7 Å². The third-order valence-corrected chi connectivity index (χ3v) is 5.05. The van der Waals surface area contributed by atoms with E-state index in [0.29, 0.717) is 26.7 Å². The van der Waals surface area contributed by atoms with Gasteiger partial charge in [0.05, 0.1) is 28.3 Å².